The van der Waals surface area contributed by atoms with Gasteiger partial charge in [-0.05, 0) is 61.1 Å². The fraction of sp³-hybridized carbons (Fsp3) is 0.231. The second-order valence-electron chi connectivity index (χ2n) is 8.63. The summed E-state index contributed by atoms with van der Waals surface area (Å²) in [5.74, 6) is 0.707. The summed E-state index contributed by atoms with van der Waals surface area (Å²) in [6.45, 7) is 0.395. The largest absolute Gasteiger partial charge is 0.345 e. The first-order valence-electron chi connectivity index (χ1n) is 11.3. The highest BCUT2D eigenvalue weighted by Gasteiger charge is 2.21. The van der Waals surface area contributed by atoms with Crippen molar-refractivity contribution in [3.8, 4) is 11.3 Å². The Morgan fingerprint density at radius 3 is 2.70 bits per heavy atom. The molecule has 164 valence electrons. The highest BCUT2D eigenvalue weighted by atomic mass is 16.1. The summed E-state index contributed by atoms with van der Waals surface area (Å²) in [6, 6.07) is 11.9. The van der Waals surface area contributed by atoms with Crippen LogP contribution in [0.2, 0.25) is 0 Å². The number of rotatable bonds is 4. The number of nitrogens with zero attached hydrogens (tertiary/aromatic N) is 4. The molecule has 2 aromatic carbocycles. The number of H-pyrrole nitrogens is 1. The highest BCUT2D eigenvalue weighted by molar-refractivity contribution is 6.07. The van der Waals surface area contributed by atoms with Crippen LogP contribution in [0.3, 0.4) is 0 Å². The van der Waals surface area contributed by atoms with Gasteiger partial charge in [-0.2, -0.15) is 5.10 Å². The Balaban J connectivity index is 1.35. The van der Waals surface area contributed by atoms with Crippen LogP contribution in [-0.4, -0.2) is 30.6 Å². The molecule has 0 radical (unpaired) electrons. The maximum absolute atomic E-state index is 12.6. The molecule has 1 aliphatic carbocycles. The summed E-state index contributed by atoms with van der Waals surface area (Å²) in [5.41, 5.74) is 7.47. The monoisotopic (exact) mass is 436 g/mol. The van der Waals surface area contributed by atoms with Crippen LogP contribution in [-0.2, 0) is 26.4 Å². The molecule has 3 aromatic heterocycles. The first kappa shape index (κ1) is 19.7. The number of hydrogen-bond acceptors (Lipinski definition) is 4. The van der Waals surface area contributed by atoms with E-state index in [0.717, 1.165) is 46.3 Å². The first-order chi connectivity index (χ1) is 16.2. The molecule has 1 aliphatic rings. The first-order valence-corrected chi connectivity index (χ1v) is 11.3. The van der Waals surface area contributed by atoms with Crippen molar-refractivity contribution in [3.05, 3.63) is 77.5 Å². The fourth-order valence-electron chi connectivity index (χ4n) is 4.89. The summed E-state index contributed by atoms with van der Waals surface area (Å²) in [7, 11) is 1.91. The third-order valence-corrected chi connectivity index (χ3v) is 6.64. The Kier molecular flexibility index (Phi) is 4.68. The van der Waals surface area contributed by atoms with Crippen molar-refractivity contribution in [1.82, 2.24) is 30.0 Å². The van der Waals surface area contributed by atoms with E-state index in [4.69, 9.17) is 4.98 Å². The molecule has 5 aromatic rings. The van der Waals surface area contributed by atoms with Gasteiger partial charge >= 0.3 is 0 Å². The van der Waals surface area contributed by atoms with Crippen LogP contribution in [0.5, 0.6) is 0 Å². The lowest BCUT2D eigenvalue weighted by atomic mass is 9.85. The number of imidazole rings is 1. The minimum atomic E-state index is -0.111. The molecular formula is C26H24N6O. The van der Waals surface area contributed by atoms with Gasteiger partial charge in [-0.15, -0.1) is 0 Å². The van der Waals surface area contributed by atoms with Crippen molar-refractivity contribution < 1.29 is 4.79 Å². The molecule has 6 rings (SSSR count). The van der Waals surface area contributed by atoms with E-state index in [1.54, 1.807) is 6.20 Å². The van der Waals surface area contributed by atoms with E-state index in [1.165, 1.54) is 29.4 Å². The van der Waals surface area contributed by atoms with Gasteiger partial charge in [0, 0.05) is 41.3 Å². The number of fused-ring (bicyclic) bond motifs is 5. The minimum absolute atomic E-state index is 0.111. The lowest BCUT2D eigenvalue weighted by Gasteiger charge is -2.22. The molecule has 0 saturated carbocycles. The Bertz CT molecular complexity index is 1500. The number of carbonyl (C=O) groups excluding carboxylic acids is 1. The van der Waals surface area contributed by atoms with Gasteiger partial charge in [0.15, 0.2) is 0 Å². The van der Waals surface area contributed by atoms with Gasteiger partial charge in [0.2, 0.25) is 0 Å². The van der Waals surface area contributed by atoms with Crippen molar-refractivity contribution in [2.24, 2.45) is 7.05 Å². The molecule has 2 N–H and O–H groups in total. The number of aryl methyl sites for hydroxylation is 2. The van der Waals surface area contributed by atoms with E-state index in [1.807, 2.05) is 54.3 Å². The quantitative estimate of drug-likeness (QED) is 0.439. The Morgan fingerprint density at radius 2 is 1.91 bits per heavy atom. The van der Waals surface area contributed by atoms with Gasteiger partial charge in [0.05, 0.1) is 29.5 Å². The van der Waals surface area contributed by atoms with Crippen molar-refractivity contribution in [1.29, 1.82) is 0 Å². The normalized spacial score (nSPS) is 13.4. The van der Waals surface area contributed by atoms with E-state index < -0.39 is 0 Å². The predicted octanol–water partition coefficient (Wildman–Crippen LogP) is 4.32. The summed E-state index contributed by atoms with van der Waals surface area (Å²) in [4.78, 5) is 22.0. The molecule has 7 nitrogen and oxygen atoms in total. The molecule has 0 fully saturated rings. The maximum Gasteiger partial charge on any atom is 0.251 e. The zero-order chi connectivity index (χ0) is 22.4. The van der Waals surface area contributed by atoms with Gasteiger partial charge in [0.1, 0.15) is 5.82 Å². The third-order valence-electron chi connectivity index (χ3n) is 6.64. The van der Waals surface area contributed by atoms with Crippen molar-refractivity contribution >= 4 is 27.7 Å². The topological polar surface area (TPSA) is 88.5 Å². The average Bonchev–Trinajstić information content (AvgIpc) is 3.50. The smallest absolute Gasteiger partial charge is 0.251 e. The van der Waals surface area contributed by atoms with E-state index >= 15 is 0 Å². The van der Waals surface area contributed by atoms with Gasteiger partial charge in [0.25, 0.3) is 5.91 Å². The van der Waals surface area contributed by atoms with Gasteiger partial charge in [-0.25, -0.2) is 9.97 Å². The SMILES string of the molecule is Cn1ccnc1CNC(=O)c1ccc(-c2nc3ccc4[nH]ncc4c3c3c2CCCC3)cc1. The number of nitrogens with one attached hydrogen (secondary N) is 2. The third kappa shape index (κ3) is 3.36. The summed E-state index contributed by atoms with van der Waals surface area (Å²) in [6.07, 6.45) is 9.94. The molecule has 3 heterocycles. The molecular weight excluding hydrogens is 412 g/mol. The lowest BCUT2D eigenvalue weighted by molar-refractivity contribution is 0.0949. The summed E-state index contributed by atoms with van der Waals surface area (Å²) >= 11 is 0. The van der Waals surface area contributed by atoms with Crippen LogP contribution < -0.4 is 5.32 Å². The van der Waals surface area contributed by atoms with Gasteiger partial charge in [-0.1, -0.05) is 12.1 Å². The van der Waals surface area contributed by atoms with Crippen LogP contribution in [0.15, 0.2) is 55.0 Å². The minimum Gasteiger partial charge on any atom is -0.345 e. The van der Waals surface area contributed by atoms with E-state index in [0.29, 0.717) is 12.1 Å². The van der Waals surface area contributed by atoms with E-state index in [-0.39, 0.29) is 5.91 Å². The molecule has 0 unspecified atom stereocenters. The number of aromatic nitrogens is 5. The molecule has 1 amide bonds. The second kappa shape index (κ2) is 7.85. The Hall–Kier alpha value is -4.00. The van der Waals surface area contributed by atoms with Crippen LogP contribution in [0, 0.1) is 0 Å². The zero-order valence-electron chi connectivity index (χ0n) is 18.4. The van der Waals surface area contributed by atoms with Crippen molar-refractivity contribution in [3.63, 3.8) is 0 Å². The fourth-order valence-corrected chi connectivity index (χ4v) is 4.89. The van der Waals surface area contributed by atoms with Crippen LogP contribution >= 0.6 is 0 Å². The summed E-state index contributed by atoms with van der Waals surface area (Å²) < 4.78 is 1.90. The predicted molar refractivity (Wildman–Crippen MR) is 128 cm³/mol. The second-order valence-corrected chi connectivity index (χ2v) is 8.63. The van der Waals surface area contributed by atoms with Crippen molar-refractivity contribution in [2.75, 3.05) is 0 Å². The number of hydrogen-bond donors (Lipinski definition) is 2. The molecule has 0 saturated heterocycles. The van der Waals surface area contributed by atoms with Gasteiger partial charge in [-0.3, -0.25) is 9.89 Å². The maximum atomic E-state index is 12.6. The molecule has 0 spiro atoms. The Morgan fingerprint density at radius 1 is 1.09 bits per heavy atom. The molecule has 0 atom stereocenters. The average molecular weight is 437 g/mol. The zero-order valence-corrected chi connectivity index (χ0v) is 18.4. The number of pyridine rings is 1. The highest BCUT2D eigenvalue weighted by Crippen LogP contribution is 2.37. The molecule has 33 heavy (non-hydrogen) atoms. The number of amides is 1. The number of benzene rings is 2. The molecule has 0 bridgehead atoms. The van der Waals surface area contributed by atoms with Crippen LogP contribution in [0.1, 0.15) is 40.2 Å². The number of carbonyl (C=O) groups is 1. The van der Waals surface area contributed by atoms with Crippen LogP contribution in [0.4, 0.5) is 0 Å². The lowest BCUT2D eigenvalue weighted by Crippen LogP contribution is -2.24. The summed E-state index contributed by atoms with van der Waals surface area (Å²) in [5, 5.41) is 12.6. The van der Waals surface area contributed by atoms with Crippen LogP contribution in [0.25, 0.3) is 33.1 Å². The van der Waals surface area contributed by atoms with E-state index in [2.05, 4.69) is 26.6 Å². The van der Waals surface area contributed by atoms with Crippen molar-refractivity contribution in [2.45, 2.75) is 32.2 Å². The van der Waals surface area contributed by atoms with E-state index in [9.17, 15) is 4.79 Å². The standard InChI is InChI=1S/C26H24N6O/c1-32-13-12-27-23(32)15-28-26(33)17-8-6-16(7-9-17)25-19-5-3-2-4-18(19)24-20-14-29-31-21(20)10-11-22(24)30-25/h6-14H,2-5,15H2,1H3,(H,28,33)(H,29,31). The molecule has 7 heteroatoms. The van der Waals surface area contributed by atoms with Gasteiger partial charge < -0.3 is 9.88 Å². The number of aromatic amines is 1. The Labute approximate surface area is 190 Å². The molecule has 0 aliphatic heterocycles.